The molecule has 0 radical (unpaired) electrons. The lowest BCUT2D eigenvalue weighted by Gasteiger charge is -2.26. The Morgan fingerprint density at radius 2 is 1.57 bits per heavy atom. The van der Waals surface area contributed by atoms with Crippen molar-refractivity contribution in [1.29, 1.82) is 0 Å². The average molecular weight is 382 g/mol. The molecule has 3 N–H and O–H groups in total. The van der Waals surface area contributed by atoms with E-state index in [1.165, 1.54) is 0 Å². The number of carboxylic acid groups (broad SMARTS) is 1. The van der Waals surface area contributed by atoms with Gasteiger partial charge >= 0.3 is 12.0 Å². The van der Waals surface area contributed by atoms with Crippen LogP contribution < -0.4 is 15.4 Å². The smallest absolute Gasteiger partial charge is 0.315 e. The van der Waals surface area contributed by atoms with E-state index in [0.717, 1.165) is 16.9 Å². The lowest BCUT2D eigenvalue weighted by atomic mass is 9.86. The molecule has 148 valence electrons. The average Bonchev–Trinajstić information content (AvgIpc) is 2.72. The van der Waals surface area contributed by atoms with Crippen molar-refractivity contribution in [3.05, 3.63) is 65.7 Å². The second kappa shape index (κ2) is 9.78. The Kier molecular flexibility index (Phi) is 6.89. The molecule has 2 amide bonds. The van der Waals surface area contributed by atoms with Crippen molar-refractivity contribution in [1.82, 2.24) is 10.6 Å². The molecule has 6 heteroatoms. The van der Waals surface area contributed by atoms with E-state index in [9.17, 15) is 9.59 Å². The van der Waals surface area contributed by atoms with Gasteiger partial charge in [-0.15, -0.1) is 0 Å². The Bertz CT molecular complexity index is 769. The van der Waals surface area contributed by atoms with E-state index in [1.807, 2.05) is 54.6 Å². The number of nitrogens with one attached hydrogen (secondary N) is 2. The number of carboxylic acids is 1. The van der Waals surface area contributed by atoms with Crippen molar-refractivity contribution >= 4 is 12.0 Å². The molecule has 2 aromatic rings. The molecule has 0 atom stereocenters. The minimum absolute atomic E-state index is 0.0492. The van der Waals surface area contributed by atoms with Gasteiger partial charge in [-0.3, -0.25) is 4.79 Å². The quantitative estimate of drug-likeness (QED) is 0.681. The van der Waals surface area contributed by atoms with Crippen molar-refractivity contribution in [3.63, 3.8) is 0 Å². The number of amides is 2. The molecule has 0 saturated heterocycles. The third-order valence-electron chi connectivity index (χ3n) is 5.04. The largest absolute Gasteiger partial charge is 0.489 e. The number of carbonyl (C=O) groups is 2. The predicted molar refractivity (Wildman–Crippen MR) is 106 cm³/mol. The molecule has 0 aromatic heterocycles. The number of urea groups is 1. The first kappa shape index (κ1) is 19.7. The van der Waals surface area contributed by atoms with E-state index in [4.69, 9.17) is 9.84 Å². The van der Waals surface area contributed by atoms with Crippen LogP contribution in [0.5, 0.6) is 5.75 Å². The van der Waals surface area contributed by atoms with E-state index in [1.54, 1.807) is 0 Å². The van der Waals surface area contributed by atoms with Gasteiger partial charge in [-0.05, 0) is 48.9 Å². The van der Waals surface area contributed by atoms with Crippen LogP contribution in [0, 0.1) is 5.92 Å². The molecular formula is C22H26N2O4. The minimum Gasteiger partial charge on any atom is -0.489 e. The van der Waals surface area contributed by atoms with Crippen LogP contribution in [0.25, 0.3) is 0 Å². The summed E-state index contributed by atoms with van der Waals surface area (Å²) in [7, 11) is 0. The Labute approximate surface area is 164 Å². The molecule has 0 unspecified atom stereocenters. The highest BCUT2D eigenvalue weighted by atomic mass is 16.5. The highest BCUT2D eigenvalue weighted by Crippen LogP contribution is 2.24. The number of para-hydroxylation sites is 1. The number of hydrogen-bond donors (Lipinski definition) is 3. The second-order valence-corrected chi connectivity index (χ2v) is 7.13. The van der Waals surface area contributed by atoms with Crippen LogP contribution >= 0.6 is 0 Å². The van der Waals surface area contributed by atoms with Crippen LogP contribution in [0.2, 0.25) is 0 Å². The van der Waals surface area contributed by atoms with E-state index < -0.39 is 5.97 Å². The maximum atomic E-state index is 12.1. The topological polar surface area (TPSA) is 87.7 Å². The Morgan fingerprint density at radius 3 is 2.21 bits per heavy atom. The summed E-state index contributed by atoms with van der Waals surface area (Å²) >= 11 is 0. The summed E-state index contributed by atoms with van der Waals surface area (Å²) in [5.74, 6) is -0.173. The highest BCUT2D eigenvalue weighted by molar-refractivity contribution is 5.74. The minimum atomic E-state index is -0.736. The molecule has 1 aliphatic carbocycles. The monoisotopic (exact) mass is 382 g/mol. The number of benzene rings is 2. The predicted octanol–water partition coefficient (Wildman–Crippen LogP) is 3.71. The van der Waals surface area contributed by atoms with Crippen LogP contribution in [0.4, 0.5) is 4.79 Å². The van der Waals surface area contributed by atoms with Gasteiger partial charge in [-0.2, -0.15) is 0 Å². The molecule has 0 heterocycles. The summed E-state index contributed by atoms with van der Waals surface area (Å²) in [4.78, 5) is 23.0. The van der Waals surface area contributed by atoms with Gasteiger partial charge in [-0.1, -0.05) is 42.5 Å². The summed E-state index contributed by atoms with van der Waals surface area (Å²) in [6.07, 6.45) is 2.65. The van der Waals surface area contributed by atoms with Crippen LogP contribution in [0.15, 0.2) is 54.6 Å². The molecule has 0 aliphatic heterocycles. The molecule has 28 heavy (non-hydrogen) atoms. The zero-order chi connectivity index (χ0) is 19.8. The van der Waals surface area contributed by atoms with Gasteiger partial charge in [0.2, 0.25) is 0 Å². The molecule has 1 fully saturated rings. The maximum Gasteiger partial charge on any atom is 0.315 e. The van der Waals surface area contributed by atoms with E-state index in [2.05, 4.69) is 10.6 Å². The van der Waals surface area contributed by atoms with Gasteiger partial charge in [0, 0.05) is 12.6 Å². The van der Waals surface area contributed by atoms with Gasteiger partial charge in [0.15, 0.2) is 0 Å². The summed E-state index contributed by atoms with van der Waals surface area (Å²) in [6.45, 7) is 0.938. The molecule has 6 nitrogen and oxygen atoms in total. The second-order valence-electron chi connectivity index (χ2n) is 7.13. The number of ether oxygens (including phenoxy) is 1. The fraction of sp³-hybridized carbons (Fsp3) is 0.364. The van der Waals surface area contributed by atoms with Gasteiger partial charge in [0.05, 0.1) is 5.92 Å². The zero-order valence-electron chi connectivity index (χ0n) is 15.8. The number of rotatable bonds is 7. The van der Waals surface area contributed by atoms with Crippen molar-refractivity contribution in [2.75, 3.05) is 0 Å². The first-order valence-corrected chi connectivity index (χ1v) is 9.63. The molecular weight excluding hydrogens is 356 g/mol. The highest BCUT2D eigenvalue weighted by Gasteiger charge is 2.26. The Morgan fingerprint density at radius 1 is 0.929 bits per heavy atom. The first-order chi connectivity index (χ1) is 13.6. The normalized spacial score (nSPS) is 18.9. The lowest BCUT2D eigenvalue weighted by Crippen LogP contribution is -2.43. The third-order valence-corrected chi connectivity index (χ3v) is 5.04. The van der Waals surface area contributed by atoms with Crippen LogP contribution in [0.3, 0.4) is 0 Å². The van der Waals surface area contributed by atoms with E-state index in [0.29, 0.717) is 38.8 Å². The summed E-state index contributed by atoms with van der Waals surface area (Å²) in [6, 6.07) is 17.4. The van der Waals surface area contributed by atoms with Crippen molar-refractivity contribution in [2.24, 2.45) is 5.92 Å². The molecule has 2 aromatic carbocycles. The third kappa shape index (κ3) is 6.01. The first-order valence-electron chi connectivity index (χ1n) is 9.63. The van der Waals surface area contributed by atoms with E-state index in [-0.39, 0.29) is 18.0 Å². The van der Waals surface area contributed by atoms with Gasteiger partial charge in [-0.25, -0.2) is 4.79 Å². The summed E-state index contributed by atoms with van der Waals surface area (Å²) in [5, 5.41) is 14.8. The fourth-order valence-corrected chi connectivity index (χ4v) is 3.34. The van der Waals surface area contributed by atoms with Crippen molar-refractivity contribution < 1.29 is 19.4 Å². The molecule has 1 aliphatic rings. The standard InChI is InChI=1S/C22H26N2O4/c25-21(26)18-10-12-19(13-11-18)24-22(27)23-14-16-6-8-17(9-7-16)15-28-20-4-2-1-3-5-20/h1-9,18-19H,10-15H2,(H,25,26)(H2,23,24,27). The van der Waals surface area contributed by atoms with Crippen LogP contribution in [0.1, 0.15) is 36.8 Å². The summed E-state index contributed by atoms with van der Waals surface area (Å²) in [5.41, 5.74) is 2.07. The van der Waals surface area contributed by atoms with Gasteiger partial charge in [0.25, 0.3) is 0 Å². The molecule has 3 rings (SSSR count). The number of aliphatic carboxylic acids is 1. The summed E-state index contributed by atoms with van der Waals surface area (Å²) < 4.78 is 5.72. The van der Waals surface area contributed by atoms with Crippen LogP contribution in [-0.4, -0.2) is 23.1 Å². The van der Waals surface area contributed by atoms with E-state index >= 15 is 0 Å². The lowest BCUT2D eigenvalue weighted by molar-refractivity contribution is -0.142. The zero-order valence-corrected chi connectivity index (χ0v) is 15.8. The molecule has 0 bridgehead atoms. The van der Waals surface area contributed by atoms with Crippen LogP contribution in [-0.2, 0) is 17.9 Å². The van der Waals surface area contributed by atoms with Crippen molar-refractivity contribution in [3.8, 4) is 5.75 Å². The van der Waals surface area contributed by atoms with Gasteiger partial charge < -0.3 is 20.5 Å². The SMILES string of the molecule is O=C(NCc1ccc(COc2ccccc2)cc1)NC1CCC(C(=O)O)CC1. The number of carbonyl (C=O) groups excluding carboxylic acids is 1. The Hall–Kier alpha value is -3.02. The molecule has 0 spiro atoms. The fourth-order valence-electron chi connectivity index (χ4n) is 3.34. The number of hydrogen-bond acceptors (Lipinski definition) is 3. The van der Waals surface area contributed by atoms with Crippen molar-refractivity contribution in [2.45, 2.75) is 44.9 Å². The molecule has 1 saturated carbocycles. The maximum absolute atomic E-state index is 12.1. The Balaban J connectivity index is 1.37. The van der Waals surface area contributed by atoms with Gasteiger partial charge in [0.1, 0.15) is 12.4 Å².